The Bertz CT molecular complexity index is 4140. The first-order valence-corrected chi connectivity index (χ1v) is 51.8. The maximum absolute atomic E-state index is 15.7. The number of primary amides is 1. The van der Waals surface area contributed by atoms with Crippen LogP contribution in [0.2, 0.25) is 0 Å². The minimum absolute atomic E-state index is 0.0196. The maximum atomic E-state index is 15.7. The number of hydrogen-bond acceptors (Lipinski definition) is 35. The molecule has 12 amide bonds. The second kappa shape index (κ2) is 72.7. The van der Waals surface area contributed by atoms with Crippen molar-refractivity contribution in [1.82, 2.24) is 56.0 Å². The van der Waals surface area contributed by atoms with Crippen LogP contribution in [0.4, 0.5) is 15.3 Å². The van der Waals surface area contributed by atoms with Crippen LogP contribution in [0.25, 0.3) is 0 Å². The number of benzene rings is 2. The number of nitrogens with two attached hydrogens (primary N) is 1. The summed E-state index contributed by atoms with van der Waals surface area (Å²) in [6.45, 7) is 20.7. The highest BCUT2D eigenvalue weighted by molar-refractivity contribution is 6.12. The molecule has 46 nitrogen and oxygen atoms in total. The summed E-state index contributed by atoms with van der Waals surface area (Å²) in [5.74, 6) is -8.02. The lowest BCUT2D eigenvalue weighted by molar-refractivity contribution is -0.149. The zero-order chi connectivity index (χ0) is 110. The third-order valence-electron chi connectivity index (χ3n) is 26.1. The van der Waals surface area contributed by atoms with Gasteiger partial charge in [0.1, 0.15) is 60.9 Å². The van der Waals surface area contributed by atoms with Gasteiger partial charge in [-0.15, -0.1) is 0 Å². The second-order valence-corrected chi connectivity index (χ2v) is 38.5. The Kier molecular flexibility index (Phi) is 64.6. The number of amides is 12. The molecule has 2 aromatic carbocycles. The van der Waals surface area contributed by atoms with E-state index in [1.165, 1.54) is 67.5 Å². The van der Waals surface area contributed by atoms with Gasteiger partial charge in [0.05, 0.1) is 173 Å². The van der Waals surface area contributed by atoms with Crippen molar-refractivity contribution in [3.8, 4) is 0 Å². The minimum Gasteiger partial charge on any atom is -0.431 e. The molecule has 1 saturated heterocycles. The van der Waals surface area contributed by atoms with Gasteiger partial charge in [0.25, 0.3) is 17.7 Å². The van der Waals surface area contributed by atoms with Crippen molar-refractivity contribution in [2.45, 2.75) is 262 Å². The third kappa shape index (κ3) is 46.0. The summed E-state index contributed by atoms with van der Waals surface area (Å²) in [6, 6.07) is 6.58. The number of methoxy groups -OCH3 is 2. The SMILES string of the molecule is CCCOCCOCCOCCOCCN(CCOCCOCCOCCOCCN(C[C@H](O)[C@@H](O)[C@H](O)[C@H](O)CO)C(=O)C(OC(=O)N(C)[C@H](C(=O)N[C@H](C(=O)N(C)[C@@H]([C@@H](C)CC)[C@@H](CC(=O)N1CCC[C@H]1[C@H](OC)[C@@H](C)C(=O)N[C@H](C)[C@@H](O)c1ccccc1)OC)C(C)C)C(C)C)c1ccc(NC(=O)[C@H](CCCNC(N)=O)NC(=O)[C@@H](NCCCCCCN2C(=O)C=CC2=O)C(C)C)cc1)C[C@H](O)[C@@H](O)[C@H](O)[C@H](O)CO. The van der Waals surface area contributed by atoms with Gasteiger partial charge in [-0.3, -0.25) is 57.9 Å². The molecule has 0 radical (unpaired) electrons. The molecule has 2 aromatic rings. The van der Waals surface area contributed by atoms with Crippen LogP contribution in [0, 0.1) is 29.6 Å². The first-order chi connectivity index (χ1) is 70.6. The van der Waals surface area contributed by atoms with Gasteiger partial charge in [-0.1, -0.05) is 131 Å². The van der Waals surface area contributed by atoms with Crippen molar-refractivity contribution in [1.29, 1.82) is 0 Å². The Labute approximate surface area is 871 Å². The molecule has 0 aromatic heterocycles. The van der Waals surface area contributed by atoms with E-state index in [2.05, 4.69) is 31.9 Å². The minimum atomic E-state index is -2.23. The van der Waals surface area contributed by atoms with E-state index < -0.39 is 201 Å². The number of aliphatic hydroxyl groups is 11. The Morgan fingerprint density at radius 2 is 1.02 bits per heavy atom. The predicted molar refractivity (Wildman–Crippen MR) is 544 cm³/mol. The van der Waals surface area contributed by atoms with E-state index in [0.29, 0.717) is 96.6 Å². The number of carbonyl (C=O) groups excluding carboxylic acids is 11. The highest BCUT2D eigenvalue weighted by Gasteiger charge is 2.46. The van der Waals surface area contributed by atoms with Gasteiger partial charge in [0, 0.05) is 111 Å². The van der Waals surface area contributed by atoms with Crippen LogP contribution >= 0.6 is 0 Å². The summed E-state index contributed by atoms with van der Waals surface area (Å²) in [7, 11) is 5.69. The third-order valence-corrected chi connectivity index (χ3v) is 26.1. The molecule has 2 aliphatic rings. The Balaban J connectivity index is 1.62. The largest absolute Gasteiger partial charge is 0.431 e. The number of nitrogens with one attached hydrogen (secondary N) is 6. The van der Waals surface area contributed by atoms with Crippen LogP contribution in [0.1, 0.15) is 170 Å². The van der Waals surface area contributed by atoms with Crippen LogP contribution in [-0.4, -0.2) is 460 Å². The second-order valence-electron chi connectivity index (χ2n) is 38.5. The van der Waals surface area contributed by atoms with Gasteiger partial charge in [-0.2, -0.15) is 0 Å². The van der Waals surface area contributed by atoms with Crippen molar-refractivity contribution < 1.29 is 161 Å². The summed E-state index contributed by atoms with van der Waals surface area (Å²) >= 11 is 0. The average Bonchev–Trinajstić information content (AvgIpc) is 1.69. The number of ether oxygens (including phenoxy) is 11. The molecular formula is C102H175N13O33. The number of likely N-dealkylation sites (tertiary alicyclic amines) is 1. The molecule has 21 atom stereocenters. The van der Waals surface area contributed by atoms with Crippen molar-refractivity contribution in [2.75, 3.05) is 211 Å². The summed E-state index contributed by atoms with van der Waals surface area (Å²) in [5.41, 5.74) is 5.96. The molecule has 2 aliphatic heterocycles. The van der Waals surface area contributed by atoms with Crippen molar-refractivity contribution >= 4 is 71.0 Å². The molecule has 0 bridgehead atoms. The zero-order valence-corrected chi connectivity index (χ0v) is 89.2. The zero-order valence-electron chi connectivity index (χ0n) is 89.2. The molecule has 0 aliphatic carbocycles. The number of unbranched alkanes of at least 4 members (excludes halogenated alkanes) is 3. The average molecular weight is 2110 g/mol. The predicted octanol–water partition coefficient (Wildman–Crippen LogP) is -0.363. The fourth-order valence-corrected chi connectivity index (χ4v) is 17.3. The molecule has 19 N–H and O–H groups in total. The molecule has 148 heavy (non-hydrogen) atoms. The lowest BCUT2D eigenvalue weighted by atomic mass is 9.89. The van der Waals surface area contributed by atoms with Gasteiger partial charge in [-0.05, 0) is 99.8 Å². The van der Waals surface area contributed by atoms with Gasteiger partial charge in [0.15, 0.2) is 0 Å². The summed E-state index contributed by atoms with van der Waals surface area (Å²) in [4.78, 5) is 163. The molecule has 1 unspecified atom stereocenters. The van der Waals surface area contributed by atoms with Crippen molar-refractivity contribution in [3.63, 3.8) is 0 Å². The molecule has 846 valence electrons. The number of nitrogens with zero attached hydrogens (tertiary/aromatic N) is 6. The Hall–Kier alpha value is -8.77. The monoisotopic (exact) mass is 2110 g/mol. The van der Waals surface area contributed by atoms with Crippen LogP contribution in [0.5, 0.6) is 0 Å². The molecule has 0 saturated carbocycles. The molecule has 46 heteroatoms. The van der Waals surface area contributed by atoms with E-state index in [1.54, 1.807) is 82.7 Å². The van der Waals surface area contributed by atoms with Crippen LogP contribution in [0.3, 0.4) is 0 Å². The van der Waals surface area contributed by atoms with E-state index in [1.807, 2.05) is 40.7 Å². The standard InChI is InChI=1S/C102H175N13O33/c1-16-44-140-48-52-144-56-57-145-53-49-141-45-41-112(61-76(118)89(126)91(128)78(120)63-116)42-46-142-50-54-146-58-59-147-55-51-143-47-43-113(62-77(119)90(127)92(129)79(121)64-117)100(135)94(72-31-33-73(34-32-72)107-96(131)74(29-25-38-105-101(103)136)108-97(132)84(65(3)4)104-37-23-18-19-24-39-115-81(122)35-36-82(115)123)148-102(137)111(13)86(67(7)8)98(133)109-85(66(5)6)99(134)110(12)87(68(9)17-2)80(138-14)60-83(124)114-40-26-30-75(114)93(139-15)69(10)95(130)106-70(11)88(125)71-27-21-20-22-28-71/h20-22,27-28,31-36,65-70,74-80,84-94,104,116-121,125-129H,16-19,23-26,29-30,37-64H2,1-15H3,(H,106,130)(H,107,131)(H,108,132)(H,109,133)(H3,103,105,136)/t68-,69+,70+,74-,75-,76-,77-,78+,79+,80+,84-,85-,86-,87-,88+,89+,90+,91+,92+,93+,94?/m0/s1. The number of imide groups is 1. The maximum Gasteiger partial charge on any atom is 0.411 e. The van der Waals surface area contributed by atoms with E-state index in [9.17, 15) is 89.7 Å². The highest BCUT2D eigenvalue weighted by Crippen LogP contribution is 2.33. The number of rotatable bonds is 81. The van der Waals surface area contributed by atoms with Gasteiger partial charge in [-0.25, -0.2) is 9.59 Å². The first kappa shape index (κ1) is 132. The quantitative estimate of drug-likeness (QED) is 0.0297. The fourth-order valence-electron chi connectivity index (χ4n) is 17.3. The normalized spacial score (nSPS) is 17.5. The highest BCUT2D eigenvalue weighted by atomic mass is 16.6. The Morgan fingerprint density at radius 1 is 0.514 bits per heavy atom. The van der Waals surface area contributed by atoms with E-state index in [4.69, 9.17) is 57.8 Å². The molecule has 2 heterocycles. The molecule has 0 spiro atoms. The molecular weight excluding hydrogens is 1940 g/mol. The smallest absolute Gasteiger partial charge is 0.411 e. The molecule has 4 rings (SSSR count). The van der Waals surface area contributed by atoms with E-state index >= 15 is 19.2 Å². The lowest BCUT2D eigenvalue weighted by Gasteiger charge is -2.41. The number of carbonyl (C=O) groups is 11. The van der Waals surface area contributed by atoms with Crippen LogP contribution in [-0.2, 0) is 95.3 Å². The van der Waals surface area contributed by atoms with Crippen LogP contribution in [0.15, 0.2) is 66.7 Å². The Morgan fingerprint density at radius 3 is 1.51 bits per heavy atom. The van der Waals surface area contributed by atoms with E-state index in [-0.39, 0.29) is 171 Å². The van der Waals surface area contributed by atoms with Crippen LogP contribution < -0.4 is 37.6 Å². The number of hydrogen-bond donors (Lipinski definition) is 18. The lowest BCUT2D eigenvalue weighted by Crippen LogP contribution is -2.60. The number of urea groups is 1. The number of aliphatic hydroxyl groups excluding tert-OH is 11. The van der Waals surface area contributed by atoms with Crippen molar-refractivity contribution in [2.24, 2.45) is 35.3 Å². The first-order valence-electron chi connectivity index (χ1n) is 51.8. The molecule has 1 fully saturated rings. The summed E-state index contributed by atoms with van der Waals surface area (Å²) in [6.07, 6.45) is -13.9. The number of anilines is 1. The fraction of sp³-hybridized carbons (Fsp3) is 0.755. The summed E-state index contributed by atoms with van der Waals surface area (Å²) < 4.78 is 63.8. The summed E-state index contributed by atoms with van der Waals surface area (Å²) in [5, 5.41) is 133. The van der Waals surface area contributed by atoms with E-state index in [0.717, 1.165) is 16.2 Å². The van der Waals surface area contributed by atoms with Crippen molar-refractivity contribution in [3.05, 3.63) is 77.9 Å². The van der Waals surface area contributed by atoms with Gasteiger partial charge < -0.3 is 161 Å². The number of likely N-dealkylation sites (N-methyl/N-ethyl adjacent to an activating group) is 2. The topological polar surface area (TPSA) is 629 Å². The van der Waals surface area contributed by atoms with Gasteiger partial charge >= 0.3 is 12.1 Å². The van der Waals surface area contributed by atoms with Gasteiger partial charge in [0.2, 0.25) is 41.5 Å².